The Morgan fingerprint density at radius 3 is 2.76 bits per heavy atom. The Morgan fingerprint density at radius 2 is 2.06 bits per heavy atom. The normalized spacial score (nSPS) is 26.1. The van der Waals surface area contributed by atoms with E-state index >= 15 is 0 Å². The molecule has 0 saturated carbocycles. The highest BCUT2D eigenvalue weighted by Crippen LogP contribution is 2.25. The van der Waals surface area contributed by atoms with Crippen LogP contribution in [0.3, 0.4) is 0 Å². The van der Waals surface area contributed by atoms with E-state index in [9.17, 15) is 0 Å². The zero-order chi connectivity index (χ0) is 12.4. The number of pyridine rings is 1. The molecule has 1 fully saturated rings. The SMILES string of the molecule is CC1CCC(C)N(Cc2ccc(Cl)nc2Cl)C1. The third kappa shape index (κ3) is 3.34. The van der Waals surface area contributed by atoms with Crippen LogP contribution >= 0.6 is 23.2 Å². The molecule has 2 heterocycles. The Bertz CT molecular complexity index is 395. The van der Waals surface area contributed by atoms with E-state index < -0.39 is 0 Å². The van der Waals surface area contributed by atoms with Crippen molar-refractivity contribution in [3.8, 4) is 0 Å². The van der Waals surface area contributed by atoms with Crippen LogP contribution in [0.4, 0.5) is 0 Å². The summed E-state index contributed by atoms with van der Waals surface area (Å²) >= 11 is 11.9. The average molecular weight is 273 g/mol. The molecular formula is C13H18Cl2N2. The Labute approximate surface area is 113 Å². The number of aromatic nitrogens is 1. The van der Waals surface area contributed by atoms with Gasteiger partial charge in [0.25, 0.3) is 0 Å². The van der Waals surface area contributed by atoms with Gasteiger partial charge >= 0.3 is 0 Å². The number of likely N-dealkylation sites (tertiary alicyclic amines) is 1. The van der Waals surface area contributed by atoms with Gasteiger partial charge in [-0.3, -0.25) is 4.90 Å². The average Bonchev–Trinajstić information content (AvgIpc) is 2.27. The molecule has 1 aliphatic heterocycles. The van der Waals surface area contributed by atoms with Crippen molar-refractivity contribution in [2.75, 3.05) is 6.54 Å². The van der Waals surface area contributed by atoms with E-state index in [0.29, 0.717) is 16.3 Å². The fraction of sp³-hybridized carbons (Fsp3) is 0.615. The van der Waals surface area contributed by atoms with Crippen LogP contribution in [0.5, 0.6) is 0 Å². The predicted octanol–water partition coefficient (Wildman–Crippen LogP) is 4.01. The molecule has 2 nitrogen and oxygen atoms in total. The highest BCUT2D eigenvalue weighted by Gasteiger charge is 2.23. The number of nitrogens with zero attached hydrogens (tertiary/aromatic N) is 2. The van der Waals surface area contributed by atoms with Crippen LogP contribution in [0, 0.1) is 5.92 Å². The summed E-state index contributed by atoms with van der Waals surface area (Å²) in [6.07, 6.45) is 2.59. The molecule has 0 spiro atoms. The van der Waals surface area contributed by atoms with Crippen molar-refractivity contribution in [1.29, 1.82) is 0 Å². The van der Waals surface area contributed by atoms with E-state index in [2.05, 4.69) is 23.7 Å². The standard InChI is InChI=1S/C13H18Cl2N2/c1-9-3-4-10(2)17(7-9)8-11-5-6-12(14)16-13(11)15/h5-6,9-10H,3-4,7-8H2,1-2H3. The van der Waals surface area contributed by atoms with Crippen molar-refractivity contribution in [1.82, 2.24) is 9.88 Å². The van der Waals surface area contributed by atoms with Gasteiger partial charge in [0.15, 0.2) is 0 Å². The molecule has 17 heavy (non-hydrogen) atoms. The molecule has 1 aromatic rings. The van der Waals surface area contributed by atoms with Crippen LogP contribution in [-0.2, 0) is 6.54 Å². The monoisotopic (exact) mass is 272 g/mol. The predicted molar refractivity (Wildman–Crippen MR) is 72.5 cm³/mol. The Kier molecular flexibility index (Phi) is 4.29. The van der Waals surface area contributed by atoms with Gasteiger partial charge in [-0.05, 0) is 31.7 Å². The van der Waals surface area contributed by atoms with Gasteiger partial charge in [-0.15, -0.1) is 0 Å². The van der Waals surface area contributed by atoms with E-state index in [4.69, 9.17) is 23.2 Å². The molecule has 0 N–H and O–H groups in total. The summed E-state index contributed by atoms with van der Waals surface area (Å²) in [4.78, 5) is 6.56. The Morgan fingerprint density at radius 1 is 1.29 bits per heavy atom. The van der Waals surface area contributed by atoms with Crippen LogP contribution < -0.4 is 0 Å². The quantitative estimate of drug-likeness (QED) is 0.757. The molecule has 0 amide bonds. The topological polar surface area (TPSA) is 16.1 Å². The molecule has 1 aromatic heterocycles. The van der Waals surface area contributed by atoms with E-state index in [1.807, 2.05) is 6.07 Å². The summed E-state index contributed by atoms with van der Waals surface area (Å²) in [5, 5.41) is 0.988. The maximum absolute atomic E-state index is 6.11. The summed E-state index contributed by atoms with van der Waals surface area (Å²) < 4.78 is 0. The summed E-state index contributed by atoms with van der Waals surface area (Å²) in [7, 11) is 0. The van der Waals surface area contributed by atoms with Gasteiger partial charge in [0, 0.05) is 24.7 Å². The highest BCUT2D eigenvalue weighted by molar-refractivity contribution is 6.32. The first-order valence-electron chi connectivity index (χ1n) is 6.11. The minimum absolute atomic E-state index is 0.457. The molecule has 0 aromatic carbocycles. The first-order chi connectivity index (χ1) is 8.06. The van der Waals surface area contributed by atoms with E-state index in [-0.39, 0.29) is 0 Å². The maximum atomic E-state index is 6.11. The summed E-state index contributed by atoms with van der Waals surface area (Å²) in [6, 6.07) is 4.41. The van der Waals surface area contributed by atoms with E-state index in [0.717, 1.165) is 24.6 Å². The largest absolute Gasteiger partial charge is 0.296 e. The van der Waals surface area contributed by atoms with Crippen LogP contribution in [0.25, 0.3) is 0 Å². The highest BCUT2D eigenvalue weighted by atomic mass is 35.5. The zero-order valence-electron chi connectivity index (χ0n) is 10.3. The van der Waals surface area contributed by atoms with Crippen molar-refractivity contribution in [3.05, 3.63) is 28.0 Å². The van der Waals surface area contributed by atoms with Crippen molar-refractivity contribution in [2.24, 2.45) is 5.92 Å². The molecule has 0 aliphatic carbocycles. The molecule has 2 rings (SSSR count). The fourth-order valence-electron chi connectivity index (χ4n) is 2.38. The summed E-state index contributed by atoms with van der Waals surface area (Å²) in [6.45, 7) is 6.60. The molecular weight excluding hydrogens is 255 g/mol. The van der Waals surface area contributed by atoms with Crippen LogP contribution in [0.2, 0.25) is 10.3 Å². The molecule has 4 heteroatoms. The van der Waals surface area contributed by atoms with Crippen molar-refractivity contribution < 1.29 is 0 Å². The third-order valence-corrected chi connectivity index (χ3v) is 4.05. The van der Waals surface area contributed by atoms with Crippen LogP contribution in [0.1, 0.15) is 32.3 Å². The van der Waals surface area contributed by atoms with E-state index in [1.54, 1.807) is 6.07 Å². The minimum atomic E-state index is 0.457. The minimum Gasteiger partial charge on any atom is -0.296 e. The van der Waals surface area contributed by atoms with Crippen LogP contribution in [0.15, 0.2) is 12.1 Å². The first-order valence-corrected chi connectivity index (χ1v) is 6.87. The molecule has 0 bridgehead atoms. The van der Waals surface area contributed by atoms with Gasteiger partial charge in [0.1, 0.15) is 10.3 Å². The Balaban J connectivity index is 2.08. The smallest absolute Gasteiger partial charge is 0.135 e. The molecule has 1 saturated heterocycles. The van der Waals surface area contributed by atoms with Gasteiger partial charge in [0.2, 0.25) is 0 Å². The lowest BCUT2D eigenvalue weighted by atomic mass is 9.95. The zero-order valence-corrected chi connectivity index (χ0v) is 11.8. The van der Waals surface area contributed by atoms with Gasteiger partial charge in [-0.2, -0.15) is 0 Å². The Hall–Kier alpha value is -0.310. The fourth-order valence-corrected chi connectivity index (χ4v) is 2.78. The number of hydrogen-bond donors (Lipinski definition) is 0. The number of piperidine rings is 1. The third-order valence-electron chi connectivity index (χ3n) is 3.51. The number of halogens is 2. The second-order valence-corrected chi connectivity index (χ2v) is 5.79. The van der Waals surface area contributed by atoms with Crippen molar-refractivity contribution in [2.45, 2.75) is 39.3 Å². The lowest BCUT2D eigenvalue weighted by Crippen LogP contribution is -2.40. The van der Waals surface area contributed by atoms with Gasteiger partial charge < -0.3 is 0 Å². The molecule has 0 radical (unpaired) electrons. The molecule has 1 aliphatic rings. The summed E-state index contributed by atoms with van der Waals surface area (Å²) in [5.41, 5.74) is 1.07. The van der Waals surface area contributed by atoms with Crippen molar-refractivity contribution in [3.63, 3.8) is 0 Å². The number of hydrogen-bond acceptors (Lipinski definition) is 2. The molecule has 94 valence electrons. The van der Waals surface area contributed by atoms with Gasteiger partial charge in [-0.1, -0.05) is 36.2 Å². The summed E-state index contributed by atoms with van der Waals surface area (Å²) in [5.74, 6) is 0.769. The number of rotatable bonds is 2. The first kappa shape index (κ1) is 13.1. The van der Waals surface area contributed by atoms with Gasteiger partial charge in [-0.25, -0.2) is 4.98 Å². The second kappa shape index (κ2) is 5.55. The lowest BCUT2D eigenvalue weighted by Gasteiger charge is -2.36. The second-order valence-electron chi connectivity index (χ2n) is 5.04. The van der Waals surface area contributed by atoms with Gasteiger partial charge in [0.05, 0.1) is 0 Å². The molecule has 2 atom stereocenters. The van der Waals surface area contributed by atoms with E-state index in [1.165, 1.54) is 12.8 Å². The van der Waals surface area contributed by atoms with Crippen molar-refractivity contribution >= 4 is 23.2 Å². The molecule has 2 unspecified atom stereocenters. The maximum Gasteiger partial charge on any atom is 0.135 e. The van der Waals surface area contributed by atoms with Crippen LogP contribution in [-0.4, -0.2) is 22.5 Å². The lowest BCUT2D eigenvalue weighted by molar-refractivity contribution is 0.117.